The summed E-state index contributed by atoms with van der Waals surface area (Å²) in [5.74, 6) is 1.06. The number of hydrogen-bond acceptors (Lipinski definition) is 2. The highest BCUT2D eigenvalue weighted by Crippen LogP contribution is 2.25. The van der Waals surface area contributed by atoms with Crippen LogP contribution in [0.4, 0.5) is 5.82 Å². The van der Waals surface area contributed by atoms with Gasteiger partial charge < -0.3 is 5.32 Å². The average Bonchev–Trinajstić information content (AvgIpc) is 2.23. The molecular weight excluding hydrogens is 196 g/mol. The van der Waals surface area contributed by atoms with Gasteiger partial charge in [0.25, 0.3) is 0 Å². The maximum atomic E-state index is 4.69. The molecule has 2 aromatic rings. The van der Waals surface area contributed by atoms with Crippen LogP contribution in [0.5, 0.6) is 0 Å². The molecule has 16 heavy (non-hydrogen) atoms. The number of aromatic nitrogens is 1. The molecule has 0 saturated heterocycles. The second-order valence-corrected chi connectivity index (χ2v) is 4.62. The molecule has 1 aliphatic carbocycles. The van der Waals surface area contributed by atoms with Crippen molar-refractivity contribution in [3.63, 3.8) is 0 Å². The van der Waals surface area contributed by atoms with Gasteiger partial charge in [0.2, 0.25) is 0 Å². The van der Waals surface area contributed by atoms with Crippen LogP contribution in [0.3, 0.4) is 0 Å². The van der Waals surface area contributed by atoms with E-state index in [1.807, 2.05) is 6.07 Å². The Bertz CT molecular complexity index is 515. The highest BCUT2D eigenvalue weighted by atomic mass is 15.0. The quantitative estimate of drug-likeness (QED) is 0.824. The second kappa shape index (κ2) is 3.78. The Balaban J connectivity index is 1.99. The van der Waals surface area contributed by atoms with E-state index in [1.165, 1.54) is 30.2 Å². The second-order valence-electron chi connectivity index (χ2n) is 4.62. The van der Waals surface area contributed by atoms with E-state index in [1.54, 1.807) is 0 Å². The van der Waals surface area contributed by atoms with Crippen LogP contribution in [0.2, 0.25) is 0 Å². The average molecular weight is 212 g/mol. The van der Waals surface area contributed by atoms with Crippen LogP contribution in [0.25, 0.3) is 10.9 Å². The summed E-state index contributed by atoms with van der Waals surface area (Å²) in [6, 6.07) is 11.1. The summed E-state index contributed by atoms with van der Waals surface area (Å²) >= 11 is 0. The summed E-state index contributed by atoms with van der Waals surface area (Å²) in [4.78, 5) is 4.69. The van der Waals surface area contributed by atoms with Crippen molar-refractivity contribution in [2.75, 3.05) is 5.32 Å². The smallest absolute Gasteiger partial charge is 0.129 e. The molecule has 2 nitrogen and oxygen atoms in total. The lowest BCUT2D eigenvalue weighted by atomic mass is 9.93. The molecule has 1 aromatic heterocycles. The third-order valence-electron chi connectivity index (χ3n) is 3.36. The van der Waals surface area contributed by atoms with Crippen molar-refractivity contribution in [2.24, 2.45) is 0 Å². The molecule has 1 saturated carbocycles. The fourth-order valence-electron chi connectivity index (χ4n) is 2.11. The predicted octanol–water partition coefficient (Wildman–Crippen LogP) is 3.51. The number of para-hydroxylation sites is 1. The Morgan fingerprint density at radius 3 is 2.81 bits per heavy atom. The van der Waals surface area contributed by atoms with Crippen LogP contribution in [-0.4, -0.2) is 11.0 Å². The third-order valence-corrected chi connectivity index (χ3v) is 3.36. The molecule has 1 N–H and O–H groups in total. The standard InChI is InChI=1S/C14H16N2/c1-10-9-11-5-2-3-8-13(11)16-14(10)15-12-6-4-7-12/h2-3,5,8-9,12H,4,6-7H2,1H3,(H,15,16). The molecule has 1 fully saturated rings. The van der Waals surface area contributed by atoms with Crippen molar-refractivity contribution in [3.05, 3.63) is 35.9 Å². The van der Waals surface area contributed by atoms with Gasteiger partial charge in [0, 0.05) is 11.4 Å². The third kappa shape index (κ3) is 1.64. The number of aryl methyl sites for hydroxylation is 1. The summed E-state index contributed by atoms with van der Waals surface area (Å²) in [5.41, 5.74) is 2.32. The molecular formula is C14H16N2. The van der Waals surface area contributed by atoms with Crippen molar-refractivity contribution >= 4 is 16.7 Å². The van der Waals surface area contributed by atoms with Crippen LogP contribution in [-0.2, 0) is 0 Å². The van der Waals surface area contributed by atoms with E-state index < -0.39 is 0 Å². The summed E-state index contributed by atoms with van der Waals surface area (Å²) in [7, 11) is 0. The molecule has 1 aliphatic rings. The lowest BCUT2D eigenvalue weighted by Crippen LogP contribution is -2.27. The first kappa shape index (κ1) is 9.64. The minimum atomic E-state index is 0.646. The van der Waals surface area contributed by atoms with E-state index in [-0.39, 0.29) is 0 Å². The van der Waals surface area contributed by atoms with E-state index in [9.17, 15) is 0 Å². The number of benzene rings is 1. The van der Waals surface area contributed by atoms with E-state index in [4.69, 9.17) is 0 Å². The monoisotopic (exact) mass is 212 g/mol. The largest absolute Gasteiger partial charge is 0.367 e. The van der Waals surface area contributed by atoms with E-state index in [0.717, 1.165) is 11.3 Å². The lowest BCUT2D eigenvalue weighted by molar-refractivity contribution is 0.444. The predicted molar refractivity (Wildman–Crippen MR) is 67.7 cm³/mol. The van der Waals surface area contributed by atoms with Gasteiger partial charge in [-0.25, -0.2) is 4.98 Å². The molecule has 2 heteroatoms. The number of anilines is 1. The van der Waals surface area contributed by atoms with Gasteiger partial charge in [-0.15, -0.1) is 0 Å². The lowest BCUT2D eigenvalue weighted by Gasteiger charge is -2.27. The van der Waals surface area contributed by atoms with Crippen LogP contribution < -0.4 is 5.32 Å². The van der Waals surface area contributed by atoms with E-state index in [2.05, 4.69) is 41.5 Å². The number of pyridine rings is 1. The van der Waals surface area contributed by atoms with Crippen molar-refractivity contribution in [3.8, 4) is 0 Å². The first-order valence-corrected chi connectivity index (χ1v) is 5.96. The molecule has 3 rings (SSSR count). The summed E-state index contributed by atoms with van der Waals surface area (Å²) in [5, 5.41) is 4.75. The molecule has 0 radical (unpaired) electrons. The van der Waals surface area contributed by atoms with Gasteiger partial charge in [-0.1, -0.05) is 18.2 Å². The maximum Gasteiger partial charge on any atom is 0.129 e. The van der Waals surface area contributed by atoms with Crippen molar-refractivity contribution in [1.82, 2.24) is 4.98 Å². The number of nitrogens with zero attached hydrogens (tertiary/aromatic N) is 1. The van der Waals surface area contributed by atoms with Crippen LogP contribution in [0.1, 0.15) is 24.8 Å². The van der Waals surface area contributed by atoms with Crippen LogP contribution in [0, 0.1) is 6.92 Å². The molecule has 0 spiro atoms. The maximum absolute atomic E-state index is 4.69. The molecule has 1 aromatic carbocycles. The molecule has 0 bridgehead atoms. The minimum Gasteiger partial charge on any atom is -0.367 e. The Labute approximate surface area is 95.7 Å². The topological polar surface area (TPSA) is 24.9 Å². The summed E-state index contributed by atoms with van der Waals surface area (Å²) in [6.45, 7) is 2.13. The fraction of sp³-hybridized carbons (Fsp3) is 0.357. The molecule has 0 aliphatic heterocycles. The summed E-state index contributed by atoms with van der Waals surface area (Å²) < 4.78 is 0. The highest BCUT2D eigenvalue weighted by molar-refractivity contribution is 5.81. The zero-order valence-corrected chi connectivity index (χ0v) is 9.53. The van der Waals surface area contributed by atoms with E-state index >= 15 is 0 Å². The van der Waals surface area contributed by atoms with Gasteiger partial charge in [-0.05, 0) is 43.9 Å². The van der Waals surface area contributed by atoms with Crippen molar-refractivity contribution in [1.29, 1.82) is 0 Å². The fourth-order valence-corrected chi connectivity index (χ4v) is 2.11. The first-order chi connectivity index (χ1) is 7.83. The molecule has 1 heterocycles. The van der Waals surface area contributed by atoms with Gasteiger partial charge in [0.15, 0.2) is 0 Å². The normalized spacial score (nSPS) is 16.1. The Morgan fingerprint density at radius 1 is 1.25 bits per heavy atom. The van der Waals surface area contributed by atoms with Gasteiger partial charge in [0.05, 0.1) is 5.52 Å². The first-order valence-electron chi connectivity index (χ1n) is 5.96. The minimum absolute atomic E-state index is 0.646. The van der Waals surface area contributed by atoms with Gasteiger partial charge in [0.1, 0.15) is 5.82 Å². The zero-order chi connectivity index (χ0) is 11.0. The zero-order valence-electron chi connectivity index (χ0n) is 9.53. The number of fused-ring (bicyclic) bond motifs is 1. The Morgan fingerprint density at radius 2 is 2.06 bits per heavy atom. The molecule has 0 amide bonds. The molecule has 0 atom stereocenters. The summed E-state index contributed by atoms with van der Waals surface area (Å²) in [6.07, 6.45) is 3.92. The van der Waals surface area contributed by atoms with Gasteiger partial charge in [-0.3, -0.25) is 0 Å². The molecule has 0 unspecified atom stereocenters. The van der Waals surface area contributed by atoms with Crippen LogP contribution in [0.15, 0.2) is 30.3 Å². The Hall–Kier alpha value is -1.57. The van der Waals surface area contributed by atoms with Gasteiger partial charge in [-0.2, -0.15) is 0 Å². The SMILES string of the molecule is Cc1cc2ccccc2nc1NC1CCC1. The van der Waals surface area contributed by atoms with Crippen molar-refractivity contribution in [2.45, 2.75) is 32.2 Å². The van der Waals surface area contributed by atoms with E-state index in [0.29, 0.717) is 6.04 Å². The molecule has 82 valence electrons. The Kier molecular flexibility index (Phi) is 2.28. The van der Waals surface area contributed by atoms with Gasteiger partial charge >= 0.3 is 0 Å². The highest BCUT2D eigenvalue weighted by Gasteiger charge is 2.18. The number of nitrogens with one attached hydrogen (secondary N) is 1. The van der Waals surface area contributed by atoms with Crippen LogP contribution >= 0.6 is 0 Å². The number of rotatable bonds is 2. The van der Waals surface area contributed by atoms with Crippen molar-refractivity contribution < 1.29 is 0 Å². The number of hydrogen-bond donors (Lipinski definition) is 1.